The van der Waals surface area contributed by atoms with Crippen LogP contribution in [-0.4, -0.2) is 42.2 Å². The van der Waals surface area contributed by atoms with Crippen molar-refractivity contribution in [1.29, 1.82) is 0 Å². The van der Waals surface area contributed by atoms with Crippen molar-refractivity contribution >= 4 is 20.6 Å². The van der Waals surface area contributed by atoms with E-state index in [1.165, 1.54) is 19.1 Å². The molecular weight excluding hydrogens is 282 g/mol. The molecule has 2 N–H and O–H groups in total. The predicted octanol–water partition coefficient (Wildman–Crippen LogP) is 1.32. The molecule has 1 saturated carbocycles. The molecule has 0 bridgehead atoms. The van der Waals surface area contributed by atoms with Crippen LogP contribution < -0.4 is 5.73 Å². The summed E-state index contributed by atoms with van der Waals surface area (Å²) >= 11 is 0. The molecule has 1 aliphatic rings. The number of nitrogens with two attached hydrogens (primary N) is 1. The summed E-state index contributed by atoms with van der Waals surface area (Å²) in [5.74, 6) is 1.22. The molecule has 1 aliphatic carbocycles. The Kier molecular flexibility index (Phi) is 6.97. The van der Waals surface area contributed by atoms with Gasteiger partial charge in [-0.1, -0.05) is 26.2 Å². The number of hydrogen-bond donors (Lipinski definition) is 1. The summed E-state index contributed by atoms with van der Waals surface area (Å²) in [7, 11) is -4.10. The van der Waals surface area contributed by atoms with Crippen molar-refractivity contribution in [2.45, 2.75) is 44.3 Å². The van der Waals surface area contributed by atoms with Gasteiger partial charge in [-0.05, 0) is 31.2 Å². The normalized spacial score (nSPS) is 30.2. The van der Waals surface area contributed by atoms with E-state index in [0.717, 1.165) is 19.3 Å². The predicted molar refractivity (Wildman–Crippen MR) is 81.3 cm³/mol. The third kappa shape index (κ3) is 5.92. The Morgan fingerprint density at radius 3 is 2.53 bits per heavy atom. The van der Waals surface area contributed by atoms with Gasteiger partial charge in [0.25, 0.3) is 0 Å². The first-order valence-electron chi connectivity index (χ1n) is 7.12. The standard InChI is InChI=1S/C13H27NO3S2/c1-3-4-11-5-6-12(10-14)13(9-11)18(15)7-8-19(2,16)17/h11-13H,3-10,14H2,1-2H3. The first-order chi connectivity index (χ1) is 8.87. The molecule has 6 heteroatoms. The average molecular weight is 309 g/mol. The molecule has 0 spiro atoms. The van der Waals surface area contributed by atoms with Crippen LogP contribution in [0.1, 0.15) is 39.0 Å². The monoisotopic (exact) mass is 309 g/mol. The fourth-order valence-electron chi connectivity index (χ4n) is 2.92. The zero-order valence-electron chi connectivity index (χ0n) is 12.0. The molecule has 1 fully saturated rings. The zero-order valence-corrected chi connectivity index (χ0v) is 13.6. The quantitative estimate of drug-likeness (QED) is 0.769. The number of hydrogen-bond acceptors (Lipinski definition) is 4. The second kappa shape index (κ2) is 7.74. The van der Waals surface area contributed by atoms with Crippen molar-refractivity contribution in [2.75, 3.05) is 24.3 Å². The van der Waals surface area contributed by atoms with Gasteiger partial charge in [0, 0.05) is 28.1 Å². The highest BCUT2D eigenvalue weighted by molar-refractivity contribution is 7.92. The molecule has 0 aromatic heterocycles. The van der Waals surface area contributed by atoms with Gasteiger partial charge < -0.3 is 5.73 Å². The van der Waals surface area contributed by atoms with Gasteiger partial charge in [-0.25, -0.2) is 8.42 Å². The second-order valence-corrected chi connectivity index (χ2v) is 9.75. The van der Waals surface area contributed by atoms with Gasteiger partial charge in [0.2, 0.25) is 0 Å². The van der Waals surface area contributed by atoms with Crippen LogP contribution in [0.15, 0.2) is 0 Å². The van der Waals surface area contributed by atoms with Crippen LogP contribution in [0.3, 0.4) is 0 Å². The molecular formula is C13H27NO3S2. The maximum atomic E-state index is 12.4. The first-order valence-corrected chi connectivity index (χ1v) is 10.6. The Balaban J connectivity index is 2.61. The minimum Gasteiger partial charge on any atom is -0.330 e. The molecule has 4 unspecified atom stereocenters. The van der Waals surface area contributed by atoms with E-state index in [1.807, 2.05) is 0 Å². The summed E-state index contributed by atoms with van der Waals surface area (Å²) in [6.07, 6.45) is 6.70. The van der Waals surface area contributed by atoms with Crippen molar-refractivity contribution in [3.8, 4) is 0 Å². The zero-order chi connectivity index (χ0) is 14.5. The number of sulfone groups is 1. The summed E-state index contributed by atoms with van der Waals surface area (Å²) in [6.45, 7) is 2.73. The third-order valence-electron chi connectivity index (χ3n) is 4.03. The lowest BCUT2D eigenvalue weighted by molar-refractivity contribution is 0.272. The molecule has 0 aromatic rings. The van der Waals surface area contributed by atoms with Crippen molar-refractivity contribution in [3.05, 3.63) is 0 Å². The van der Waals surface area contributed by atoms with Gasteiger partial charge in [0.05, 0.1) is 5.75 Å². The van der Waals surface area contributed by atoms with Crippen molar-refractivity contribution in [1.82, 2.24) is 0 Å². The van der Waals surface area contributed by atoms with Gasteiger partial charge in [-0.2, -0.15) is 0 Å². The van der Waals surface area contributed by atoms with Gasteiger partial charge >= 0.3 is 0 Å². The minimum absolute atomic E-state index is 0.0197. The molecule has 0 saturated heterocycles. The Morgan fingerprint density at radius 1 is 1.32 bits per heavy atom. The SMILES string of the molecule is CCCC1CCC(CN)C(S(=O)CCS(C)(=O)=O)C1. The molecule has 4 atom stereocenters. The van der Waals surface area contributed by atoms with E-state index < -0.39 is 20.6 Å². The van der Waals surface area contributed by atoms with Gasteiger partial charge in [0.1, 0.15) is 9.84 Å². The van der Waals surface area contributed by atoms with Gasteiger partial charge in [-0.15, -0.1) is 0 Å². The summed E-state index contributed by atoms with van der Waals surface area (Å²) < 4.78 is 34.7. The fraction of sp³-hybridized carbons (Fsp3) is 1.00. The fourth-order valence-corrected chi connectivity index (χ4v) is 6.26. The van der Waals surface area contributed by atoms with Crippen LogP contribution >= 0.6 is 0 Å². The van der Waals surface area contributed by atoms with Gasteiger partial charge in [-0.3, -0.25) is 4.21 Å². The van der Waals surface area contributed by atoms with E-state index >= 15 is 0 Å². The Bertz CT molecular complexity index is 395. The third-order valence-corrected chi connectivity index (χ3v) is 7.09. The summed E-state index contributed by atoms with van der Waals surface area (Å²) in [5, 5.41) is 0.0945. The molecule has 0 amide bonds. The Morgan fingerprint density at radius 2 is 2.00 bits per heavy atom. The maximum absolute atomic E-state index is 12.4. The van der Waals surface area contributed by atoms with E-state index in [4.69, 9.17) is 5.73 Å². The average Bonchev–Trinajstić information content (AvgIpc) is 2.35. The van der Waals surface area contributed by atoms with E-state index in [1.54, 1.807) is 0 Å². The smallest absolute Gasteiger partial charge is 0.148 e. The van der Waals surface area contributed by atoms with Crippen LogP contribution in [0, 0.1) is 11.8 Å². The summed E-state index contributed by atoms with van der Waals surface area (Å²) in [6, 6.07) is 0. The number of rotatable bonds is 7. The highest BCUT2D eigenvalue weighted by Gasteiger charge is 2.33. The van der Waals surface area contributed by atoms with Crippen LogP contribution in [0.2, 0.25) is 0 Å². The van der Waals surface area contributed by atoms with Crippen LogP contribution in [0.4, 0.5) is 0 Å². The Labute approximate surface area is 119 Å². The lowest BCUT2D eigenvalue weighted by atomic mass is 9.80. The topological polar surface area (TPSA) is 77.2 Å². The van der Waals surface area contributed by atoms with Crippen molar-refractivity contribution in [2.24, 2.45) is 17.6 Å². The minimum atomic E-state index is -3.03. The molecule has 1 rings (SSSR count). The highest BCUT2D eigenvalue weighted by Crippen LogP contribution is 2.34. The molecule has 0 radical (unpaired) electrons. The van der Waals surface area contributed by atoms with E-state index in [-0.39, 0.29) is 16.8 Å². The van der Waals surface area contributed by atoms with Crippen molar-refractivity contribution < 1.29 is 12.6 Å². The van der Waals surface area contributed by atoms with Crippen molar-refractivity contribution in [3.63, 3.8) is 0 Å². The maximum Gasteiger partial charge on any atom is 0.148 e. The highest BCUT2D eigenvalue weighted by atomic mass is 32.2. The van der Waals surface area contributed by atoms with Crippen LogP contribution in [-0.2, 0) is 20.6 Å². The van der Waals surface area contributed by atoms with E-state index in [9.17, 15) is 12.6 Å². The Hall–Kier alpha value is 0.0600. The molecule has 0 aliphatic heterocycles. The largest absolute Gasteiger partial charge is 0.330 e. The molecule has 0 aromatic carbocycles. The molecule has 19 heavy (non-hydrogen) atoms. The van der Waals surface area contributed by atoms with E-state index in [0.29, 0.717) is 18.4 Å². The van der Waals surface area contributed by atoms with Gasteiger partial charge in [0.15, 0.2) is 0 Å². The molecule has 114 valence electrons. The summed E-state index contributed by atoms with van der Waals surface area (Å²) in [4.78, 5) is 0. The first kappa shape index (κ1) is 17.1. The molecule has 4 nitrogen and oxygen atoms in total. The lowest BCUT2D eigenvalue weighted by Crippen LogP contribution is -2.38. The second-order valence-electron chi connectivity index (χ2n) is 5.72. The lowest BCUT2D eigenvalue weighted by Gasteiger charge is -2.35. The van der Waals surface area contributed by atoms with E-state index in [2.05, 4.69) is 6.92 Å². The van der Waals surface area contributed by atoms with Crippen LogP contribution in [0.5, 0.6) is 0 Å². The van der Waals surface area contributed by atoms with Crippen LogP contribution in [0.25, 0.3) is 0 Å². The summed E-state index contributed by atoms with van der Waals surface area (Å²) in [5.41, 5.74) is 5.78. The molecule has 0 heterocycles.